The molecule has 0 heteroatoms. The zero-order chi connectivity index (χ0) is 22.8. The second-order valence-corrected chi connectivity index (χ2v) is 13.3. The van der Waals surface area contributed by atoms with Gasteiger partial charge in [-0.3, -0.25) is 0 Å². The van der Waals surface area contributed by atoms with Gasteiger partial charge in [-0.15, -0.1) is 0 Å². The Balaban J connectivity index is 0.000000461. The second kappa shape index (κ2) is 11.4. The van der Waals surface area contributed by atoms with Gasteiger partial charge in [0.15, 0.2) is 0 Å². The first-order valence-corrected chi connectivity index (χ1v) is 14.4. The molecule has 0 aromatic heterocycles. The summed E-state index contributed by atoms with van der Waals surface area (Å²) in [6, 6.07) is 0. The summed E-state index contributed by atoms with van der Waals surface area (Å²) >= 11 is 0. The van der Waals surface area contributed by atoms with Gasteiger partial charge in [0.05, 0.1) is 0 Å². The van der Waals surface area contributed by atoms with Crippen molar-refractivity contribution in [3.63, 3.8) is 0 Å². The maximum Gasteiger partial charge on any atom is -0.00851 e. The fraction of sp³-hybridized carbons (Fsp3) is 0.938. The van der Waals surface area contributed by atoms with Crippen molar-refractivity contribution in [2.45, 2.75) is 140 Å². The van der Waals surface area contributed by atoms with E-state index in [-0.39, 0.29) is 7.43 Å². The molecule has 4 aliphatic rings. The smallest absolute Gasteiger partial charge is 0.00851 e. The molecule has 0 aromatic rings. The number of hydrogen-bond donors (Lipinski definition) is 0. The van der Waals surface area contributed by atoms with Crippen LogP contribution in [-0.4, -0.2) is 0 Å². The lowest BCUT2D eigenvalue weighted by molar-refractivity contribution is -0.0510. The Morgan fingerprint density at radius 1 is 0.906 bits per heavy atom. The molecule has 188 valence electrons. The van der Waals surface area contributed by atoms with Crippen LogP contribution in [-0.2, 0) is 0 Å². The van der Waals surface area contributed by atoms with Crippen LogP contribution >= 0.6 is 0 Å². The lowest BCUT2D eigenvalue weighted by Crippen LogP contribution is -2.50. The topological polar surface area (TPSA) is 0 Å². The largest absolute Gasteiger partial charge is 0.0845 e. The number of fused-ring (bicyclic) bond motifs is 5. The van der Waals surface area contributed by atoms with Gasteiger partial charge in [-0.2, -0.15) is 0 Å². The van der Waals surface area contributed by atoms with E-state index in [1.807, 2.05) is 5.57 Å². The lowest BCUT2D eigenvalue weighted by Gasteiger charge is -2.58. The highest BCUT2D eigenvalue weighted by Gasteiger charge is 2.58. The molecule has 4 rings (SSSR count). The quantitative estimate of drug-likeness (QED) is 0.370. The lowest BCUT2D eigenvalue weighted by atomic mass is 9.46. The molecule has 32 heavy (non-hydrogen) atoms. The van der Waals surface area contributed by atoms with Gasteiger partial charge in [0.2, 0.25) is 0 Å². The summed E-state index contributed by atoms with van der Waals surface area (Å²) in [5.41, 5.74) is 3.10. The van der Waals surface area contributed by atoms with Gasteiger partial charge in [0.1, 0.15) is 0 Å². The zero-order valence-corrected chi connectivity index (χ0v) is 22.6. The van der Waals surface area contributed by atoms with Crippen molar-refractivity contribution >= 4 is 0 Å². The molecule has 0 spiro atoms. The predicted molar refractivity (Wildman–Crippen MR) is 145 cm³/mol. The van der Waals surface area contributed by atoms with Crippen LogP contribution in [0.3, 0.4) is 0 Å². The van der Waals surface area contributed by atoms with Crippen molar-refractivity contribution in [1.29, 1.82) is 0 Å². The monoisotopic (exact) mass is 444 g/mol. The van der Waals surface area contributed by atoms with Crippen molar-refractivity contribution in [3.8, 4) is 0 Å². The average molecular weight is 445 g/mol. The Morgan fingerprint density at radius 3 is 2.19 bits per heavy atom. The third kappa shape index (κ3) is 5.35. The van der Waals surface area contributed by atoms with Crippen LogP contribution in [0, 0.1) is 52.3 Å². The number of hydrogen-bond acceptors (Lipinski definition) is 0. The van der Waals surface area contributed by atoms with Gasteiger partial charge in [0.25, 0.3) is 0 Å². The van der Waals surface area contributed by atoms with Gasteiger partial charge >= 0.3 is 0 Å². The van der Waals surface area contributed by atoms with Crippen LogP contribution < -0.4 is 0 Å². The van der Waals surface area contributed by atoms with Gasteiger partial charge < -0.3 is 0 Å². The molecule has 3 saturated carbocycles. The minimum Gasteiger partial charge on any atom is -0.0845 e. The molecule has 0 N–H and O–H groups in total. The summed E-state index contributed by atoms with van der Waals surface area (Å²) in [6.07, 6.45) is 20.2. The number of rotatable bonds is 5. The van der Waals surface area contributed by atoms with Crippen LogP contribution in [0.5, 0.6) is 0 Å². The predicted octanol–water partition coefficient (Wildman–Crippen LogP) is 10.7. The summed E-state index contributed by atoms with van der Waals surface area (Å²) in [4.78, 5) is 0. The average Bonchev–Trinajstić information content (AvgIpc) is 3.06. The first kappa shape index (κ1) is 28.0. The first-order chi connectivity index (χ1) is 14.7. The Morgan fingerprint density at radius 2 is 1.62 bits per heavy atom. The maximum atomic E-state index is 2.76. The van der Waals surface area contributed by atoms with Gasteiger partial charge in [-0.05, 0) is 104 Å². The fourth-order valence-electron chi connectivity index (χ4n) is 9.10. The molecule has 3 fully saturated rings. The van der Waals surface area contributed by atoms with E-state index in [1.165, 1.54) is 77.0 Å². The molecule has 0 nitrogen and oxygen atoms in total. The van der Waals surface area contributed by atoms with E-state index in [0.29, 0.717) is 10.8 Å². The maximum absolute atomic E-state index is 2.76. The molecule has 7 unspecified atom stereocenters. The highest BCUT2D eigenvalue weighted by atomic mass is 14.6. The van der Waals surface area contributed by atoms with E-state index in [9.17, 15) is 0 Å². The third-order valence-corrected chi connectivity index (χ3v) is 10.6. The van der Waals surface area contributed by atoms with Crippen molar-refractivity contribution < 1.29 is 0 Å². The Hall–Kier alpha value is -0.260. The van der Waals surface area contributed by atoms with E-state index >= 15 is 0 Å². The standard InChI is InChI=1S/C25H42.C6H14.CH4/c1-6-7-18-12-14-24(4)19(16-18)8-9-20-22-11-10-21(17(2)3)25(22,5)15-13-23(20)24;1-4-5-6(2)3;/h8,17-18,20-23H,6-7,9-16H2,1-5H3;6H,4-5H2,1-3H3;1H4. The van der Waals surface area contributed by atoms with Crippen LogP contribution in [0.15, 0.2) is 11.6 Å². The van der Waals surface area contributed by atoms with E-state index in [4.69, 9.17) is 0 Å². The normalized spacial score (nSPS) is 40.4. The molecule has 7 atom stereocenters. The Labute approximate surface area is 203 Å². The Bertz CT molecular complexity index is 597. The summed E-state index contributed by atoms with van der Waals surface area (Å²) < 4.78 is 0. The van der Waals surface area contributed by atoms with Crippen LogP contribution in [0.1, 0.15) is 140 Å². The minimum absolute atomic E-state index is 0. The van der Waals surface area contributed by atoms with E-state index in [0.717, 1.165) is 41.4 Å². The molecule has 0 heterocycles. The van der Waals surface area contributed by atoms with Crippen molar-refractivity contribution in [3.05, 3.63) is 11.6 Å². The molecule has 0 bridgehead atoms. The van der Waals surface area contributed by atoms with Gasteiger partial charge in [-0.1, -0.05) is 100 Å². The highest BCUT2D eigenvalue weighted by molar-refractivity contribution is 5.25. The second-order valence-electron chi connectivity index (χ2n) is 13.3. The summed E-state index contributed by atoms with van der Waals surface area (Å²) in [6.45, 7) is 19.4. The van der Waals surface area contributed by atoms with E-state index < -0.39 is 0 Å². The molecule has 0 saturated heterocycles. The van der Waals surface area contributed by atoms with E-state index in [2.05, 4.69) is 61.5 Å². The molecule has 0 aliphatic heterocycles. The number of allylic oxidation sites excluding steroid dienone is 2. The molecular weight excluding hydrogens is 384 g/mol. The SMILES string of the molecule is C.CCCC(C)C.CCCC1CCC2(C)C(=CCC3C2CCC2(C)C(C(C)C)CCC32)C1. The minimum atomic E-state index is 0. The summed E-state index contributed by atoms with van der Waals surface area (Å²) in [7, 11) is 0. The van der Waals surface area contributed by atoms with E-state index in [1.54, 1.807) is 0 Å². The van der Waals surface area contributed by atoms with Crippen molar-refractivity contribution in [2.75, 3.05) is 0 Å². The van der Waals surface area contributed by atoms with Crippen LogP contribution in [0.2, 0.25) is 0 Å². The molecule has 0 aromatic carbocycles. The van der Waals surface area contributed by atoms with Gasteiger partial charge in [0, 0.05) is 0 Å². The molecule has 0 radical (unpaired) electrons. The first-order valence-electron chi connectivity index (χ1n) is 14.4. The van der Waals surface area contributed by atoms with Crippen molar-refractivity contribution in [2.24, 2.45) is 52.3 Å². The summed E-state index contributed by atoms with van der Waals surface area (Å²) in [5.74, 6) is 6.76. The van der Waals surface area contributed by atoms with Crippen LogP contribution in [0.25, 0.3) is 0 Å². The van der Waals surface area contributed by atoms with Gasteiger partial charge in [-0.25, -0.2) is 0 Å². The zero-order valence-electron chi connectivity index (χ0n) is 22.6. The van der Waals surface area contributed by atoms with Crippen LogP contribution in [0.4, 0.5) is 0 Å². The molecule has 0 amide bonds. The van der Waals surface area contributed by atoms with Crippen molar-refractivity contribution in [1.82, 2.24) is 0 Å². The molecular formula is C32H60. The molecule has 4 aliphatic carbocycles. The Kier molecular flexibility index (Phi) is 10.0. The summed E-state index contributed by atoms with van der Waals surface area (Å²) in [5, 5.41) is 0. The third-order valence-electron chi connectivity index (χ3n) is 10.6. The highest BCUT2D eigenvalue weighted by Crippen LogP contribution is 2.67. The fourth-order valence-corrected chi connectivity index (χ4v) is 9.10.